The van der Waals surface area contributed by atoms with Gasteiger partial charge in [0, 0.05) is 23.5 Å². The number of benzene rings is 1. The molecule has 2 nitrogen and oxygen atoms in total. The first-order chi connectivity index (χ1) is 8.74. The Balaban J connectivity index is 1.82. The zero-order valence-electron chi connectivity index (χ0n) is 10.2. The Labute approximate surface area is 113 Å². The van der Waals surface area contributed by atoms with Crippen LogP contribution in [0.5, 0.6) is 0 Å². The summed E-state index contributed by atoms with van der Waals surface area (Å²) in [5.41, 5.74) is 8.67. The minimum atomic E-state index is 0.180. The number of pyridine rings is 1. The number of hydrogen-bond donors (Lipinski definition) is 1. The van der Waals surface area contributed by atoms with Crippen LogP contribution in [0.2, 0.25) is 5.02 Å². The lowest BCUT2D eigenvalue weighted by molar-refractivity contribution is 0.610. The molecule has 0 bridgehead atoms. The Morgan fingerprint density at radius 2 is 1.67 bits per heavy atom. The highest BCUT2D eigenvalue weighted by atomic mass is 35.5. The summed E-state index contributed by atoms with van der Waals surface area (Å²) >= 11 is 5.85. The van der Waals surface area contributed by atoms with Gasteiger partial charge in [0.15, 0.2) is 0 Å². The molecule has 2 aromatic rings. The van der Waals surface area contributed by atoms with Crippen molar-refractivity contribution in [1.82, 2.24) is 4.98 Å². The molecule has 1 aromatic carbocycles. The molecule has 0 aliphatic rings. The molecule has 1 heterocycles. The van der Waals surface area contributed by atoms with Crippen molar-refractivity contribution < 1.29 is 0 Å². The monoisotopic (exact) mass is 260 g/mol. The van der Waals surface area contributed by atoms with Gasteiger partial charge in [0.2, 0.25) is 0 Å². The standard InChI is InChI=1S/C15H17ClN2/c16-14-4-1-13(2-5-14)11-15(17)6-3-12-7-9-18-10-8-12/h1-2,4-5,7-10,15H,3,6,11,17H2. The highest BCUT2D eigenvalue weighted by Crippen LogP contribution is 2.12. The number of aromatic nitrogens is 1. The number of aryl methyl sites for hydroxylation is 1. The highest BCUT2D eigenvalue weighted by molar-refractivity contribution is 6.30. The van der Waals surface area contributed by atoms with E-state index in [1.807, 2.05) is 48.8 Å². The van der Waals surface area contributed by atoms with Crippen molar-refractivity contribution in [3.05, 3.63) is 64.9 Å². The molecule has 3 heteroatoms. The molecule has 0 spiro atoms. The van der Waals surface area contributed by atoms with Gasteiger partial charge in [-0.15, -0.1) is 0 Å². The Hall–Kier alpha value is -1.38. The average molecular weight is 261 g/mol. The Morgan fingerprint density at radius 3 is 2.33 bits per heavy atom. The molecule has 0 radical (unpaired) electrons. The topological polar surface area (TPSA) is 38.9 Å². The van der Waals surface area contributed by atoms with Crippen molar-refractivity contribution >= 4 is 11.6 Å². The first-order valence-electron chi connectivity index (χ1n) is 6.13. The second-order valence-electron chi connectivity index (χ2n) is 4.48. The van der Waals surface area contributed by atoms with E-state index >= 15 is 0 Å². The molecule has 1 aromatic heterocycles. The molecule has 18 heavy (non-hydrogen) atoms. The van der Waals surface area contributed by atoms with Crippen molar-refractivity contribution in [3.8, 4) is 0 Å². The zero-order valence-corrected chi connectivity index (χ0v) is 11.0. The van der Waals surface area contributed by atoms with E-state index in [-0.39, 0.29) is 6.04 Å². The predicted molar refractivity (Wildman–Crippen MR) is 75.7 cm³/mol. The van der Waals surface area contributed by atoms with Gasteiger partial charge in [-0.1, -0.05) is 23.7 Å². The van der Waals surface area contributed by atoms with Crippen LogP contribution in [0.4, 0.5) is 0 Å². The number of halogens is 1. The van der Waals surface area contributed by atoms with Gasteiger partial charge in [0.25, 0.3) is 0 Å². The third-order valence-corrected chi connectivity index (χ3v) is 3.22. The fourth-order valence-electron chi connectivity index (χ4n) is 1.93. The molecular formula is C15H17ClN2. The van der Waals surface area contributed by atoms with E-state index in [1.165, 1.54) is 11.1 Å². The van der Waals surface area contributed by atoms with Crippen LogP contribution < -0.4 is 5.73 Å². The van der Waals surface area contributed by atoms with Crippen LogP contribution in [-0.4, -0.2) is 11.0 Å². The fraction of sp³-hybridized carbons (Fsp3) is 0.267. The maximum Gasteiger partial charge on any atom is 0.0406 e. The Bertz CT molecular complexity index is 468. The molecule has 0 aliphatic heterocycles. The first kappa shape index (κ1) is 13.1. The lowest BCUT2D eigenvalue weighted by Crippen LogP contribution is -2.23. The van der Waals surface area contributed by atoms with Gasteiger partial charge in [-0.2, -0.15) is 0 Å². The number of rotatable bonds is 5. The van der Waals surface area contributed by atoms with E-state index in [0.29, 0.717) is 0 Å². The molecule has 1 unspecified atom stereocenters. The summed E-state index contributed by atoms with van der Waals surface area (Å²) in [5.74, 6) is 0. The van der Waals surface area contributed by atoms with Crippen LogP contribution in [0, 0.1) is 0 Å². The van der Waals surface area contributed by atoms with Crippen molar-refractivity contribution in [2.75, 3.05) is 0 Å². The summed E-state index contributed by atoms with van der Waals surface area (Å²) in [6.45, 7) is 0. The minimum absolute atomic E-state index is 0.180. The molecule has 2 N–H and O–H groups in total. The maximum absolute atomic E-state index is 6.14. The lowest BCUT2D eigenvalue weighted by atomic mass is 10.0. The quantitative estimate of drug-likeness (QED) is 0.896. The van der Waals surface area contributed by atoms with E-state index in [2.05, 4.69) is 4.98 Å². The summed E-state index contributed by atoms with van der Waals surface area (Å²) in [6, 6.07) is 12.1. The van der Waals surface area contributed by atoms with Gasteiger partial charge in [-0.3, -0.25) is 4.98 Å². The summed E-state index contributed by atoms with van der Waals surface area (Å²) in [5, 5.41) is 0.768. The SMILES string of the molecule is NC(CCc1ccncc1)Cc1ccc(Cl)cc1. The van der Waals surface area contributed by atoms with E-state index in [1.54, 1.807) is 0 Å². The molecule has 1 atom stereocenters. The van der Waals surface area contributed by atoms with E-state index in [0.717, 1.165) is 24.3 Å². The second-order valence-corrected chi connectivity index (χ2v) is 4.92. The van der Waals surface area contributed by atoms with Gasteiger partial charge >= 0.3 is 0 Å². The van der Waals surface area contributed by atoms with Crippen molar-refractivity contribution in [3.63, 3.8) is 0 Å². The summed E-state index contributed by atoms with van der Waals surface area (Å²) in [6.07, 6.45) is 6.51. The molecule has 0 saturated carbocycles. The van der Waals surface area contributed by atoms with Gasteiger partial charge in [0.1, 0.15) is 0 Å². The molecule has 0 aliphatic carbocycles. The normalized spacial score (nSPS) is 12.3. The summed E-state index contributed by atoms with van der Waals surface area (Å²) in [4.78, 5) is 4.00. The lowest BCUT2D eigenvalue weighted by Gasteiger charge is -2.11. The third kappa shape index (κ3) is 4.13. The maximum atomic E-state index is 6.14. The van der Waals surface area contributed by atoms with Gasteiger partial charge < -0.3 is 5.73 Å². The zero-order chi connectivity index (χ0) is 12.8. The number of hydrogen-bond acceptors (Lipinski definition) is 2. The summed E-state index contributed by atoms with van der Waals surface area (Å²) in [7, 11) is 0. The molecule has 2 rings (SSSR count). The van der Waals surface area contributed by atoms with Crippen LogP contribution in [-0.2, 0) is 12.8 Å². The first-order valence-corrected chi connectivity index (χ1v) is 6.51. The number of nitrogens with two attached hydrogens (primary N) is 1. The third-order valence-electron chi connectivity index (χ3n) is 2.96. The van der Waals surface area contributed by atoms with E-state index < -0.39 is 0 Å². The molecule has 0 fully saturated rings. The van der Waals surface area contributed by atoms with Gasteiger partial charge in [0.05, 0.1) is 0 Å². The summed E-state index contributed by atoms with van der Waals surface area (Å²) < 4.78 is 0. The van der Waals surface area contributed by atoms with Gasteiger partial charge in [-0.25, -0.2) is 0 Å². The molecule has 0 amide bonds. The van der Waals surface area contributed by atoms with Crippen molar-refractivity contribution in [1.29, 1.82) is 0 Å². The molecule has 94 valence electrons. The fourth-order valence-corrected chi connectivity index (χ4v) is 2.05. The van der Waals surface area contributed by atoms with Gasteiger partial charge in [-0.05, 0) is 54.7 Å². The van der Waals surface area contributed by atoms with Crippen LogP contribution in [0.3, 0.4) is 0 Å². The van der Waals surface area contributed by atoms with Crippen LogP contribution >= 0.6 is 11.6 Å². The molecular weight excluding hydrogens is 244 g/mol. The van der Waals surface area contributed by atoms with Crippen molar-refractivity contribution in [2.24, 2.45) is 5.73 Å². The average Bonchev–Trinajstić information content (AvgIpc) is 2.40. The minimum Gasteiger partial charge on any atom is -0.327 e. The van der Waals surface area contributed by atoms with Crippen LogP contribution in [0.1, 0.15) is 17.5 Å². The van der Waals surface area contributed by atoms with E-state index in [4.69, 9.17) is 17.3 Å². The number of nitrogens with zero attached hydrogens (tertiary/aromatic N) is 1. The second kappa shape index (κ2) is 6.53. The Kier molecular flexibility index (Phi) is 4.73. The van der Waals surface area contributed by atoms with Crippen LogP contribution in [0.25, 0.3) is 0 Å². The van der Waals surface area contributed by atoms with E-state index in [9.17, 15) is 0 Å². The smallest absolute Gasteiger partial charge is 0.0406 e. The van der Waals surface area contributed by atoms with Crippen LogP contribution in [0.15, 0.2) is 48.8 Å². The predicted octanol–water partition coefficient (Wildman–Crippen LogP) is 3.24. The highest BCUT2D eigenvalue weighted by Gasteiger charge is 2.04. The Morgan fingerprint density at radius 1 is 1.00 bits per heavy atom. The van der Waals surface area contributed by atoms with Crippen molar-refractivity contribution in [2.45, 2.75) is 25.3 Å². The largest absolute Gasteiger partial charge is 0.327 e. The molecule has 0 saturated heterocycles.